The standard InChI is InChI=1S/C18H22N3O5PS/c1-13(26-27(23,24)28)17(12-25-2)19-18(22)14-8-10-16(11-9-14)21-20-15-6-4-3-5-7-15/h3-11,13,17H,12H2,1-2H3,(H,19,22)(H2,23,24,28)/b21-20+. The van der Waals surface area contributed by atoms with Crippen LogP contribution >= 0.6 is 19.0 Å². The van der Waals surface area contributed by atoms with Crippen molar-refractivity contribution in [3.8, 4) is 0 Å². The van der Waals surface area contributed by atoms with Crippen LogP contribution in [-0.4, -0.2) is 36.7 Å². The van der Waals surface area contributed by atoms with Gasteiger partial charge < -0.3 is 14.9 Å². The molecule has 2 rings (SSSR count). The van der Waals surface area contributed by atoms with E-state index in [0.717, 1.165) is 5.69 Å². The molecule has 2 N–H and O–H groups in total. The van der Waals surface area contributed by atoms with Crippen LogP contribution in [0.4, 0.5) is 11.4 Å². The van der Waals surface area contributed by atoms with Crippen LogP contribution in [0.5, 0.6) is 0 Å². The topological polar surface area (TPSA) is 110 Å². The first-order valence-corrected chi connectivity index (χ1v) is 11.1. The Morgan fingerprint density at radius 3 is 2.25 bits per heavy atom. The number of benzene rings is 2. The number of carbonyl (C=O) groups is 1. The number of nitrogens with zero attached hydrogens (tertiary/aromatic N) is 2. The Hall–Kier alpha value is -2.03. The van der Waals surface area contributed by atoms with E-state index in [0.29, 0.717) is 11.3 Å². The molecule has 8 nitrogen and oxygen atoms in total. The minimum atomic E-state index is -3.99. The molecule has 0 aliphatic carbocycles. The lowest BCUT2D eigenvalue weighted by molar-refractivity contribution is 0.0714. The molecule has 0 radical (unpaired) electrons. The first kappa shape index (κ1) is 22.3. The fraction of sp³-hybridized carbons (Fsp3) is 0.278. The predicted molar refractivity (Wildman–Crippen MR) is 110 cm³/mol. The van der Waals surface area contributed by atoms with Crippen molar-refractivity contribution in [2.45, 2.75) is 19.1 Å². The van der Waals surface area contributed by atoms with Gasteiger partial charge in [0.05, 0.1) is 30.1 Å². The van der Waals surface area contributed by atoms with E-state index in [2.05, 4.69) is 27.8 Å². The van der Waals surface area contributed by atoms with Crippen LogP contribution in [-0.2, 0) is 13.8 Å². The Labute approximate surface area is 168 Å². The molecule has 3 atom stereocenters. The van der Waals surface area contributed by atoms with Crippen molar-refractivity contribution >= 4 is 36.3 Å². The molecule has 1 amide bonds. The maximum Gasteiger partial charge on any atom is 0.383 e. The third kappa shape index (κ3) is 7.53. The number of thiol groups is 1. The highest BCUT2D eigenvalue weighted by molar-refractivity contribution is 8.44. The van der Waals surface area contributed by atoms with Gasteiger partial charge in [0.1, 0.15) is 0 Å². The van der Waals surface area contributed by atoms with Crippen LogP contribution in [0, 0.1) is 0 Å². The summed E-state index contributed by atoms with van der Waals surface area (Å²) in [6.45, 7) is -2.34. The summed E-state index contributed by atoms with van der Waals surface area (Å²) in [6.07, 6.45) is -0.781. The van der Waals surface area contributed by atoms with E-state index >= 15 is 0 Å². The second kappa shape index (κ2) is 10.5. The Kier molecular flexibility index (Phi) is 8.35. The van der Waals surface area contributed by atoms with E-state index in [1.165, 1.54) is 7.11 Å². The number of rotatable bonds is 9. The highest BCUT2D eigenvalue weighted by Gasteiger charge is 2.26. The molecule has 0 aliphatic heterocycles. The van der Waals surface area contributed by atoms with Crippen LogP contribution in [0.3, 0.4) is 0 Å². The van der Waals surface area contributed by atoms with Gasteiger partial charge in [-0.2, -0.15) is 10.2 Å². The van der Waals surface area contributed by atoms with Crippen molar-refractivity contribution in [2.75, 3.05) is 13.7 Å². The summed E-state index contributed by atoms with van der Waals surface area (Å²) in [5.41, 5.74) is 1.72. The van der Waals surface area contributed by atoms with Gasteiger partial charge in [-0.15, -0.1) is 0 Å². The molecule has 0 heterocycles. The number of azo groups is 1. The molecule has 150 valence electrons. The lowest BCUT2D eigenvalue weighted by Gasteiger charge is -2.25. The molecular formula is C18H22N3O5PS. The molecule has 0 aliphatic rings. The van der Waals surface area contributed by atoms with E-state index < -0.39 is 18.9 Å². The zero-order valence-electron chi connectivity index (χ0n) is 15.4. The molecule has 0 aromatic heterocycles. The van der Waals surface area contributed by atoms with Gasteiger partial charge in [-0.05, 0) is 43.3 Å². The van der Waals surface area contributed by atoms with Crippen molar-refractivity contribution < 1.29 is 23.5 Å². The fourth-order valence-corrected chi connectivity index (χ4v) is 3.33. The zero-order valence-corrected chi connectivity index (χ0v) is 17.2. The first-order valence-electron chi connectivity index (χ1n) is 8.39. The van der Waals surface area contributed by atoms with Crippen LogP contribution < -0.4 is 5.32 Å². The lowest BCUT2D eigenvalue weighted by Crippen LogP contribution is -2.45. The van der Waals surface area contributed by atoms with Crippen LogP contribution in [0.25, 0.3) is 0 Å². The van der Waals surface area contributed by atoms with Crippen molar-refractivity contribution in [1.82, 2.24) is 5.32 Å². The van der Waals surface area contributed by atoms with Gasteiger partial charge in [-0.25, -0.2) is 4.57 Å². The predicted octanol–water partition coefficient (Wildman–Crippen LogP) is 4.28. The highest BCUT2D eigenvalue weighted by Crippen LogP contribution is 2.48. The van der Waals surface area contributed by atoms with E-state index in [9.17, 15) is 14.3 Å². The SMILES string of the molecule is COCC(NC(=O)c1ccc(/N=N/c2ccccc2)cc1)C(C)OP(=O)(O)S. The molecule has 28 heavy (non-hydrogen) atoms. The monoisotopic (exact) mass is 423 g/mol. The second-order valence-corrected chi connectivity index (χ2v) is 8.63. The highest BCUT2D eigenvalue weighted by atomic mass is 32.7. The van der Waals surface area contributed by atoms with Gasteiger partial charge in [-0.1, -0.05) is 30.4 Å². The van der Waals surface area contributed by atoms with Crippen molar-refractivity contribution in [2.24, 2.45) is 10.2 Å². The zero-order chi connectivity index (χ0) is 20.6. The second-order valence-electron chi connectivity index (χ2n) is 5.92. The molecule has 0 fully saturated rings. The minimum absolute atomic E-state index is 0.101. The van der Waals surface area contributed by atoms with Gasteiger partial charge in [0.25, 0.3) is 5.91 Å². The van der Waals surface area contributed by atoms with Gasteiger partial charge >= 0.3 is 6.80 Å². The van der Waals surface area contributed by atoms with Crippen molar-refractivity contribution in [3.63, 3.8) is 0 Å². The molecule has 10 heteroatoms. The maximum absolute atomic E-state index is 12.5. The van der Waals surface area contributed by atoms with Crippen LogP contribution in [0.15, 0.2) is 64.8 Å². The summed E-state index contributed by atoms with van der Waals surface area (Å²) in [6, 6.07) is 15.2. The Morgan fingerprint density at radius 1 is 1.14 bits per heavy atom. The quantitative estimate of drug-likeness (QED) is 0.317. The molecule has 0 saturated heterocycles. The summed E-state index contributed by atoms with van der Waals surface area (Å²) >= 11 is 3.49. The molecule has 0 spiro atoms. The molecule has 0 bridgehead atoms. The first-order chi connectivity index (χ1) is 13.3. The summed E-state index contributed by atoms with van der Waals surface area (Å²) in [7, 11) is 1.46. The Morgan fingerprint density at radius 2 is 1.71 bits per heavy atom. The summed E-state index contributed by atoms with van der Waals surface area (Å²) in [5.74, 6) is -0.379. The molecule has 0 saturated carbocycles. The largest absolute Gasteiger partial charge is 0.383 e. The molecule has 3 unspecified atom stereocenters. The van der Waals surface area contributed by atoms with Crippen LogP contribution in [0.2, 0.25) is 0 Å². The van der Waals surface area contributed by atoms with E-state index in [1.54, 1.807) is 31.2 Å². The molecular weight excluding hydrogens is 401 g/mol. The van der Waals surface area contributed by atoms with E-state index in [-0.39, 0.29) is 12.5 Å². The summed E-state index contributed by atoms with van der Waals surface area (Å²) in [5, 5.41) is 11.0. The number of nitrogens with one attached hydrogen (secondary N) is 1. The summed E-state index contributed by atoms with van der Waals surface area (Å²) in [4.78, 5) is 21.7. The van der Waals surface area contributed by atoms with E-state index in [4.69, 9.17) is 9.26 Å². The Bertz CT molecular complexity index is 842. The van der Waals surface area contributed by atoms with E-state index in [1.807, 2.05) is 30.3 Å². The third-order valence-electron chi connectivity index (χ3n) is 3.70. The Balaban J connectivity index is 2.02. The van der Waals surface area contributed by atoms with Crippen LogP contribution in [0.1, 0.15) is 17.3 Å². The number of ether oxygens (including phenoxy) is 1. The van der Waals surface area contributed by atoms with Gasteiger partial charge in [-0.3, -0.25) is 9.32 Å². The number of amides is 1. The number of hydrogen-bond acceptors (Lipinski definition) is 6. The van der Waals surface area contributed by atoms with Gasteiger partial charge in [0, 0.05) is 12.7 Å². The van der Waals surface area contributed by atoms with Crippen molar-refractivity contribution in [3.05, 3.63) is 60.2 Å². The lowest BCUT2D eigenvalue weighted by atomic mass is 10.1. The number of hydrogen-bond donors (Lipinski definition) is 3. The van der Waals surface area contributed by atoms with Gasteiger partial charge in [0.2, 0.25) is 0 Å². The number of carbonyl (C=O) groups excluding carboxylic acids is 1. The van der Waals surface area contributed by atoms with Gasteiger partial charge in [0.15, 0.2) is 0 Å². The minimum Gasteiger partial charge on any atom is -0.382 e. The summed E-state index contributed by atoms with van der Waals surface area (Å²) < 4.78 is 21.3. The molecule has 2 aromatic rings. The smallest absolute Gasteiger partial charge is 0.382 e. The average molecular weight is 423 g/mol. The molecule has 2 aromatic carbocycles. The average Bonchev–Trinajstić information content (AvgIpc) is 2.66. The third-order valence-corrected chi connectivity index (χ3v) is 4.59. The fourth-order valence-electron chi connectivity index (χ4n) is 2.31. The maximum atomic E-state index is 12.5. The van der Waals surface area contributed by atoms with Crippen molar-refractivity contribution in [1.29, 1.82) is 0 Å². The number of methoxy groups -OCH3 is 1. The normalized spacial score (nSPS) is 15.7.